The van der Waals surface area contributed by atoms with E-state index in [1.54, 1.807) is 30.3 Å². The lowest BCUT2D eigenvalue weighted by molar-refractivity contribution is -0.111. The summed E-state index contributed by atoms with van der Waals surface area (Å²) >= 11 is 12.2. The summed E-state index contributed by atoms with van der Waals surface area (Å²) in [6.45, 7) is 4.09. The second-order valence-corrected chi connectivity index (χ2v) is 8.18. The third kappa shape index (κ3) is 4.64. The maximum absolute atomic E-state index is 12.4. The smallest absolute Gasteiger partial charge is 0.248 e. The van der Waals surface area contributed by atoms with Gasteiger partial charge in [-0.2, -0.15) is 0 Å². The van der Waals surface area contributed by atoms with Crippen LogP contribution in [0.1, 0.15) is 16.7 Å². The average molecular weight is 467 g/mol. The number of nitrogens with one attached hydrogen (secondary N) is 1. The highest BCUT2D eigenvalue weighted by Gasteiger charge is 2.11. The van der Waals surface area contributed by atoms with Crippen LogP contribution in [-0.2, 0) is 4.79 Å². The molecule has 0 aliphatic heterocycles. The fraction of sp³-hybridized carbons (Fsp3) is 0.120. The number of benzene rings is 3. The van der Waals surface area contributed by atoms with Crippen LogP contribution in [-0.4, -0.2) is 18.0 Å². The number of nitrogens with zero attached hydrogens (tertiary/aromatic N) is 1. The number of fused-ring (bicyclic) bond motifs is 1. The summed E-state index contributed by atoms with van der Waals surface area (Å²) in [7, 11) is 1.51. The van der Waals surface area contributed by atoms with Gasteiger partial charge in [0.2, 0.25) is 11.8 Å². The van der Waals surface area contributed by atoms with Crippen molar-refractivity contribution >= 4 is 52.0 Å². The molecule has 4 aromatic rings. The van der Waals surface area contributed by atoms with E-state index in [1.165, 1.54) is 18.7 Å². The van der Waals surface area contributed by atoms with Crippen LogP contribution in [0.4, 0.5) is 5.69 Å². The Morgan fingerprint density at radius 3 is 2.50 bits per heavy atom. The van der Waals surface area contributed by atoms with Crippen molar-refractivity contribution in [3.8, 4) is 17.2 Å². The van der Waals surface area contributed by atoms with Gasteiger partial charge in [-0.15, -0.1) is 0 Å². The fourth-order valence-corrected chi connectivity index (χ4v) is 3.85. The molecule has 1 amide bonds. The van der Waals surface area contributed by atoms with Crippen molar-refractivity contribution in [3.63, 3.8) is 0 Å². The largest absolute Gasteiger partial charge is 0.495 e. The van der Waals surface area contributed by atoms with Crippen LogP contribution < -0.4 is 10.1 Å². The molecule has 5 nitrogen and oxygen atoms in total. The third-order valence-corrected chi connectivity index (χ3v) is 5.56. The van der Waals surface area contributed by atoms with E-state index in [4.69, 9.17) is 32.4 Å². The van der Waals surface area contributed by atoms with Gasteiger partial charge in [0, 0.05) is 27.9 Å². The zero-order chi connectivity index (χ0) is 22.8. The Morgan fingerprint density at radius 2 is 1.78 bits per heavy atom. The first-order valence-electron chi connectivity index (χ1n) is 9.84. The van der Waals surface area contributed by atoms with Crippen molar-refractivity contribution in [1.82, 2.24) is 4.98 Å². The van der Waals surface area contributed by atoms with Crippen LogP contribution in [0.15, 0.2) is 59.0 Å². The SMILES string of the molecule is COc1c(Cl)cc(Cl)cc1C=CC(=O)Nc1ccc(-c2nc3cc(C)c(C)cc3o2)cc1. The number of carbonyl (C=O) groups excluding carboxylic acids is 1. The minimum atomic E-state index is -0.302. The number of aromatic nitrogens is 1. The van der Waals surface area contributed by atoms with E-state index in [0.29, 0.717) is 32.9 Å². The highest BCUT2D eigenvalue weighted by Crippen LogP contribution is 2.33. The number of hydrogen-bond acceptors (Lipinski definition) is 4. The summed E-state index contributed by atoms with van der Waals surface area (Å²) in [4.78, 5) is 16.9. The Hall–Kier alpha value is -3.28. The number of ether oxygens (including phenoxy) is 1. The van der Waals surface area contributed by atoms with E-state index in [9.17, 15) is 4.79 Å². The predicted molar refractivity (Wildman–Crippen MR) is 130 cm³/mol. The molecule has 0 unspecified atom stereocenters. The first kappa shape index (κ1) is 21.9. The number of aryl methyl sites for hydroxylation is 2. The average Bonchev–Trinajstić information content (AvgIpc) is 3.15. The molecule has 1 N–H and O–H groups in total. The number of rotatable bonds is 5. The summed E-state index contributed by atoms with van der Waals surface area (Å²) < 4.78 is 11.2. The number of methoxy groups -OCH3 is 1. The van der Waals surface area contributed by atoms with Crippen LogP contribution in [0, 0.1) is 13.8 Å². The minimum Gasteiger partial charge on any atom is -0.495 e. The van der Waals surface area contributed by atoms with Crippen LogP contribution in [0.5, 0.6) is 5.75 Å². The van der Waals surface area contributed by atoms with Gasteiger partial charge in [0.15, 0.2) is 5.58 Å². The summed E-state index contributed by atoms with van der Waals surface area (Å²) in [5, 5.41) is 3.65. The minimum absolute atomic E-state index is 0.302. The molecule has 0 aliphatic carbocycles. The lowest BCUT2D eigenvalue weighted by Crippen LogP contribution is -2.07. The van der Waals surface area contributed by atoms with Crippen molar-refractivity contribution < 1.29 is 13.9 Å². The van der Waals surface area contributed by atoms with Crippen molar-refractivity contribution in [2.45, 2.75) is 13.8 Å². The molecular weight excluding hydrogens is 447 g/mol. The van der Waals surface area contributed by atoms with Gasteiger partial charge in [0.1, 0.15) is 11.3 Å². The van der Waals surface area contributed by atoms with Crippen LogP contribution in [0.2, 0.25) is 10.0 Å². The molecule has 0 aliphatic rings. The highest BCUT2D eigenvalue weighted by atomic mass is 35.5. The van der Waals surface area contributed by atoms with Gasteiger partial charge in [-0.1, -0.05) is 23.2 Å². The van der Waals surface area contributed by atoms with Gasteiger partial charge in [0.05, 0.1) is 12.1 Å². The Balaban J connectivity index is 1.48. The second-order valence-electron chi connectivity index (χ2n) is 7.33. The topological polar surface area (TPSA) is 64.4 Å². The number of halogens is 2. The van der Waals surface area contributed by atoms with Gasteiger partial charge in [0.25, 0.3) is 0 Å². The van der Waals surface area contributed by atoms with Crippen molar-refractivity contribution in [2.24, 2.45) is 0 Å². The normalized spacial score (nSPS) is 11.3. The van der Waals surface area contributed by atoms with Crippen molar-refractivity contribution in [1.29, 1.82) is 0 Å². The Labute approximate surface area is 195 Å². The second kappa shape index (κ2) is 9.07. The quantitative estimate of drug-likeness (QED) is 0.319. The molecular formula is C25H20Cl2N2O3. The first-order valence-corrected chi connectivity index (χ1v) is 10.6. The van der Waals surface area contributed by atoms with E-state index in [-0.39, 0.29) is 5.91 Å². The monoisotopic (exact) mass is 466 g/mol. The third-order valence-electron chi connectivity index (χ3n) is 5.06. The molecule has 0 atom stereocenters. The van der Waals surface area contributed by atoms with E-state index < -0.39 is 0 Å². The lowest BCUT2D eigenvalue weighted by Gasteiger charge is -2.08. The summed E-state index contributed by atoms with van der Waals surface area (Å²) in [5.41, 5.74) is 5.97. The summed E-state index contributed by atoms with van der Waals surface area (Å²) in [6, 6.07) is 14.6. The zero-order valence-electron chi connectivity index (χ0n) is 17.7. The summed E-state index contributed by atoms with van der Waals surface area (Å²) in [6.07, 6.45) is 2.99. The molecule has 4 rings (SSSR count). The molecule has 0 saturated heterocycles. The van der Waals surface area contributed by atoms with Gasteiger partial charge in [-0.25, -0.2) is 4.98 Å². The molecule has 0 bridgehead atoms. The molecule has 162 valence electrons. The number of anilines is 1. The van der Waals surface area contributed by atoms with Gasteiger partial charge in [-0.3, -0.25) is 4.79 Å². The molecule has 0 fully saturated rings. The van der Waals surface area contributed by atoms with E-state index in [0.717, 1.165) is 22.2 Å². The highest BCUT2D eigenvalue weighted by molar-refractivity contribution is 6.36. The number of carbonyl (C=O) groups is 1. The molecule has 1 aromatic heterocycles. The summed E-state index contributed by atoms with van der Waals surface area (Å²) in [5.74, 6) is 0.685. The van der Waals surface area contributed by atoms with Crippen LogP contribution >= 0.6 is 23.2 Å². The van der Waals surface area contributed by atoms with E-state index in [2.05, 4.69) is 10.3 Å². The van der Waals surface area contributed by atoms with Crippen LogP contribution in [0.3, 0.4) is 0 Å². The van der Waals surface area contributed by atoms with E-state index >= 15 is 0 Å². The fourth-order valence-electron chi connectivity index (χ4n) is 3.27. The molecule has 0 spiro atoms. The lowest BCUT2D eigenvalue weighted by atomic mass is 10.1. The van der Waals surface area contributed by atoms with E-state index in [1.807, 2.05) is 38.1 Å². The van der Waals surface area contributed by atoms with Gasteiger partial charge < -0.3 is 14.5 Å². The van der Waals surface area contributed by atoms with Gasteiger partial charge in [-0.05, 0) is 79.6 Å². The number of hydrogen-bond donors (Lipinski definition) is 1. The Kier molecular flexibility index (Phi) is 6.21. The molecule has 0 saturated carbocycles. The van der Waals surface area contributed by atoms with Crippen LogP contribution in [0.25, 0.3) is 28.6 Å². The van der Waals surface area contributed by atoms with Crippen molar-refractivity contribution in [3.05, 3.63) is 81.3 Å². The predicted octanol–water partition coefficient (Wildman–Crippen LogP) is 7.08. The zero-order valence-corrected chi connectivity index (χ0v) is 19.2. The number of oxazole rings is 1. The maximum Gasteiger partial charge on any atom is 0.248 e. The molecule has 0 radical (unpaired) electrons. The molecule has 1 heterocycles. The van der Waals surface area contributed by atoms with Crippen molar-refractivity contribution in [2.75, 3.05) is 12.4 Å². The molecule has 3 aromatic carbocycles. The first-order chi connectivity index (χ1) is 15.3. The molecule has 7 heteroatoms. The maximum atomic E-state index is 12.4. The Bertz CT molecular complexity index is 1300. The number of amides is 1. The van der Waals surface area contributed by atoms with Gasteiger partial charge >= 0.3 is 0 Å². The standard InChI is InChI=1S/C25H20Cl2N2O3/c1-14-10-21-22(11-15(14)2)32-25(29-21)16-4-7-19(8-5-16)28-23(30)9-6-17-12-18(26)13-20(27)24(17)31-3/h4-13H,1-3H3,(H,28,30). The molecule has 32 heavy (non-hydrogen) atoms. The Morgan fingerprint density at radius 1 is 1.06 bits per heavy atom.